The lowest BCUT2D eigenvalue weighted by Crippen LogP contribution is -2.17. The van der Waals surface area contributed by atoms with E-state index in [-0.39, 0.29) is 5.91 Å². The van der Waals surface area contributed by atoms with Gasteiger partial charge in [-0.3, -0.25) is 4.79 Å². The van der Waals surface area contributed by atoms with Gasteiger partial charge < -0.3 is 9.88 Å². The predicted octanol–water partition coefficient (Wildman–Crippen LogP) is 2.25. The van der Waals surface area contributed by atoms with E-state index in [9.17, 15) is 4.79 Å². The molecule has 1 aromatic carbocycles. The third-order valence-corrected chi connectivity index (χ3v) is 5.50. The predicted molar refractivity (Wildman–Crippen MR) is 104 cm³/mol. The van der Waals surface area contributed by atoms with Crippen LogP contribution in [0.3, 0.4) is 0 Å². The van der Waals surface area contributed by atoms with Crippen molar-refractivity contribution in [2.24, 2.45) is 4.99 Å². The Labute approximate surface area is 161 Å². The zero-order chi connectivity index (χ0) is 18.5. The molecule has 1 aliphatic rings. The first-order valence-electron chi connectivity index (χ1n) is 9.19. The van der Waals surface area contributed by atoms with Crippen LogP contribution in [0.15, 0.2) is 53.1 Å². The van der Waals surface area contributed by atoms with Crippen LogP contribution >= 0.6 is 11.3 Å². The van der Waals surface area contributed by atoms with E-state index in [1.54, 1.807) is 6.20 Å². The Bertz CT molecular complexity index is 950. The standard InChI is InChI=1S/C19H22N6OS/c26-18(17-14-25(23-22-17)16-7-4-9-20-10-8-16)21-19-24(11-12-27-19)13-15-5-2-1-3-6-15/h1-3,5-6,11-12,14,16,20H,4,7-10,13H2. The van der Waals surface area contributed by atoms with Crippen molar-refractivity contribution in [3.63, 3.8) is 0 Å². The lowest BCUT2D eigenvalue weighted by Gasteiger charge is -2.12. The van der Waals surface area contributed by atoms with Gasteiger partial charge in [-0.2, -0.15) is 4.99 Å². The number of nitrogens with one attached hydrogen (secondary N) is 1. The second kappa shape index (κ2) is 8.41. The summed E-state index contributed by atoms with van der Waals surface area (Å²) in [7, 11) is 0. The van der Waals surface area contributed by atoms with Gasteiger partial charge in [-0.15, -0.1) is 16.4 Å². The van der Waals surface area contributed by atoms with Gasteiger partial charge >= 0.3 is 5.91 Å². The van der Waals surface area contributed by atoms with Crippen LogP contribution in [0.1, 0.15) is 41.4 Å². The molecule has 140 valence electrons. The third kappa shape index (κ3) is 4.40. The Morgan fingerprint density at radius 2 is 2.15 bits per heavy atom. The normalized spacial score (nSPS) is 18.4. The number of carbonyl (C=O) groups excluding carboxylic acids is 1. The second-order valence-corrected chi connectivity index (χ2v) is 7.51. The Morgan fingerprint density at radius 3 is 3.04 bits per heavy atom. The molecular formula is C19H22N6OS. The number of hydrogen-bond acceptors (Lipinski definition) is 5. The molecule has 8 heteroatoms. The van der Waals surface area contributed by atoms with Crippen molar-refractivity contribution in [3.8, 4) is 0 Å². The molecule has 3 heterocycles. The molecule has 0 bridgehead atoms. The Hall–Kier alpha value is -2.58. The van der Waals surface area contributed by atoms with Gasteiger partial charge in [0.1, 0.15) is 0 Å². The summed E-state index contributed by atoms with van der Waals surface area (Å²) in [6.07, 6.45) is 6.82. The van der Waals surface area contributed by atoms with E-state index in [1.807, 2.05) is 39.0 Å². The van der Waals surface area contributed by atoms with Crippen LogP contribution in [0.25, 0.3) is 0 Å². The highest BCUT2D eigenvalue weighted by Crippen LogP contribution is 2.18. The summed E-state index contributed by atoms with van der Waals surface area (Å²) in [6, 6.07) is 10.4. The minimum absolute atomic E-state index is 0.291. The maximum Gasteiger partial charge on any atom is 0.301 e. The average Bonchev–Trinajstić information content (AvgIpc) is 3.26. The van der Waals surface area contributed by atoms with Crippen LogP contribution in [-0.2, 0) is 6.54 Å². The largest absolute Gasteiger partial charge is 0.319 e. The first-order valence-corrected chi connectivity index (χ1v) is 10.1. The minimum Gasteiger partial charge on any atom is -0.319 e. The van der Waals surface area contributed by atoms with Gasteiger partial charge in [-0.05, 0) is 37.9 Å². The third-order valence-electron chi connectivity index (χ3n) is 4.70. The summed E-state index contributed by atoms with van der Waals surface area (Å²) in [4.78, 5) is 17.5. The molecule has 1 fully saturated rings. The lowest BCUT2D eigenvalue weighted by atomic mass is 10.1. The number of hydrogen-bond donors (Lipinski definition) is 1. The zero-order valence-corrected chi connectivity index (χ0v) is 15.8. The molecule has 1 aliphatic heterocycles. The second-order valence-electron chi connectivity index (χ2n) is 6.63. The maximum absolute atomic E-state index is 12.6. The van der Waals surface area contributed by atoms with Crippen molar-refractivity contribution in [1.82, 2.24) is 24.9 Å². The van der Waals surface area contributed by atoms with Crippen LogP contribution in [0.4, 0.5) is 0 Å². The molecule has 1 unspecified atom stereocenters. The Balaban J connectivity index is 1.52. The van der Waals surface area contributed by atoms with Gasteiger partial charge in [0, 0.05) is 18.1 Å². The van der Waals surface area contributed by atoms with Gasteiger partial charge in [0.2, 0.25) is 0 Å². The molecule has 0 aliphatic carbocycles. The lowest BCUT2D eigenvalue weighted by molar-refractivity contribution is 0.0993. The number of carbonyl (C=O) groups is 1. The molecule has 0 radical (unpaired) electrons. The molecule has 3 aromatic rings. The summed E-state index contributed by atoms with van der Waals surface area (Å²) in [5, 5.41) is 13.6. The highest BCUT2D eigenvalue weighted by molar-refractivity contribution is 7.07. The van der Waals surface area contributed by atoms with Gasteiger partial charge in [-0.25, -0.2) is 4.68 Å². The molecule has 0 spiro atoms. The number of amides is 1. The molecule has 0 saturated carbocycles. The van der Waals surface area contributed by atoms with Gasteiger partial charge in [0.25, 0.3) is 0 Å². The van der Waals surface area contributed by atoms with Crippen LogP contribution in [0, 0.1) is 0 Å². The molecule has 1 atom stereocenters. The summed E-state index contributed by atoms with van der Waals surface area (Å²) < 4.78 is 3.79. The Kier molecular flexibility index (Phi) is 5.55. The molecule has 1 N–H and O–H groups in total. The molecule has 2 aromatic heterocycles. The van der Waals surface area contributed by atoms with Crippen molar-refractivity contribution >= 4 is 17.2 Å². The average molecular weight is 382 g/mol. The van der Waals surface area contributed by atoms with Gasteiger partial charge in [0.05, 0.1) is 12.2 Å². The van der Waals surface area contributed by atoms with Gasteiger partial charge in [-0.1, -0.05) is 35.5 Å². The van der Waals surface area contributed by atoms with Crippen LogP contribution in [0.2, 0.25) is 0 Å². The fourth-order valence-electron chi connectivity index (χ4n) is 3.25. The van der Waals surface area contributed by atoms with E-state index in [0.717, 1.165) is 37.9 Å². The van der Waals surface area contributed by atoms with E-state index in [0.29, 0.717) is 23.1 Å². The monoisotopic (exact) mass is 382 g/mol. The Morgan fingerprint density at radius 1 is 1.26 bits per heavy atom. The van der Waals surface area contributed by atoms with E-state index in [2.05, 4.69) is 32.8 Å². The topological polar surface area (TPSA) is 77.1 Å². The number of thiazole rings is 1. The fourth-order valence-corrected chi connectivity index (χ4v) is 3.98. The van der Waals surface area contributed by atoms with Crippen molar-refractivity contribution in [2.75, 3.05) is 13.1 Å². The SMILES string of the molecule is O=C(N=c1sccn1Cc1ccccc1)c1cn(C2CCCNCC2)nn1. The first-order chi connectivity index (χ1) is 13.3. The van der Waals surface area contributed by atoms with Crippen LogP contribution in [-0.4, -0.2) is 38.6 Å². The van der Waals surface area contributed by atoms with Crippen LogP contribution < -0.4 is 10.1 Å². The summed E-state index contributed by atoms with van der Waals surface area (Å²) in [5.41, 5.74) is 1.46. The summed E-state index contributed by atoms with van der Waals surface area (Å²) in [5.74, 6) is -0.350. The molecule has 7 nitrogen and oxygen atoms in total. The fraction of sp³-hybridized carbons (Fsp3) is 0.368. The highest BCUT2D eigenvalue weighted by atomic mass is 32.1. The molecule has 4 rings (SSSR count). The number of nitrogens with zero attached hydrogens (tertiary/aromatic N) is 5. The van der Waals surface area contributed by atoms with Crippen molar-refractivity contribution < 1.29 is 4.79 Å². The molecule has 27 heavy (non-hydrogen) atoms. The van der Waals surface area contributed by atoms with E-state index in [1.165, 1.54) is 11.3 Å². The molecule has 1 saturated heterocycles. The number of aromatic nitrogens is 4. The van der Waals surface area contributed by atoms with E-state index in [4.69, 9.17) is 0 Å². The molecular weight excluding hydrogens is 360 g/mol. The quantitative estimate of drug-likeness (QED) is 0.751. The number of rotatable bonds is 4. The van der Waals surface area contributed by atoms with Crippen molar-refractivity contribution in [1.29, 1.82) is 0 Å². The zero-order valence-electron chi connectivity index (χ0n) is 15.0. The van der Waals surface area contributed by atoms with Crippen molar-refractivity contribution in [2.45, 2.75) is 31.8 Å². The van der Waals surface area contributed by atoms with E-state index < -0.39 is 0 Å². The minimum atomic E-state index is -0.350. The summed E-state index contributed by atoms with van der Waals surface area (Å²) >= 11 is 1.44. The van der Waals surface area contributed by atoms with E-state index >= 15 is 0 Å². The smallest absolute Gasteiger partial charge is 0.301 e. The highest BCUT2D eigenvalue weighted by Gasteiger charge is 2.18. The van der Waals surface area contributed by atoms with Crippen molar-refractivity contribution in [3.05, 3.63) is 64.2 Å². The molecule has 1 amide bonds. The summed E-state index contributed by atoms with van der Waals surface area (Å²) in [6.45, 7) is 2.68. The van der Waals surface area contributed by atoms with Gasteiger partial charge in [0.15, 0.2) is 10.5 Å². The maximum atomic E-state index is 12.6. The number of benzene rings is 1. The first kappa shape index (κ1) is 17.8. The van der Waals surface area contributed by atoms with Crippen LogP contribution in [0.5, 0.6) is 0 Å².